The molecule has 0 N–H and O–H groups in total. The first-order valence-electron chi connectivity index (χ1n) is 11.6. The number of piperazine rings is 1. The molecular weight excluding hydrogens is 682 g/mol. The zero-order valence-corrected chi connectivity index (χ0v) is 24.0. The molecule has 1 saturated heterocycles. The van der Waals surface area contributed by atoms with Crippen molar-refractivity contribution in [1.82, 2.24) is 25.0 Å². The van der Waals surface area contributed by atoms with Gasteiger partial charge >= 0.3 is 0 Å². The van der Waals surface area contributed by atoms with Gasteiger partial charge in [0.2, 0.25) is 5.76 Å². The van der Waals surface area contributed by atoms with Gasteiger partial charge in [-0.1, -0.05) is 68.5 Å². The van der Waals surface area contributed by atoms with E-state index in [1.807, 2.05) is 24.7 Å². The highest BCUT2D eigenvalue weighted by atomic mass is 127. The third kappa shape index (κ3) is 5.10. The van der Waals surface area contributed by atoms with E-state index < -0.39 is 0 Å². The minimum Gasteiger partial charge on any atom is -0.352 e. The third-order valence-electron chi connectivity index (χ3n) is 6.30. The van der Waals surface area contributed by atoms with Gasteiger partial charge < -0.3 is 14.3 Å². The number of rotatable bonds is 6. The number of hydrogen-bond acceptors (Lipinski definition) is 7. The first-order valence-corrected chi connectivity index (χ1v) is 14.6. The molecule has 0 saturated carbocycles. The number of aromatic nitrogens is 4. The van der Waals surface area contributed by atoms with Crippen molar-refractivity contribution >= 4 is 56.9 Å². The molecule has 4 heterocycles. The van der Waals surface area contributed by atoms with Crippen LogP contribution in [0.25, 0.3) is 22.5 Å². The molecule has 184 valence electrons. The lowest BCUT2D eigenvalue weighted by atomic mass is 9.97. The number of benzene rings is 1. The van der Waals surface area contributed by atoms with Crippen molar-refractivity contribution in [2.24, 2.45) is 0 Å². The van der Waals surface area contributed by atoms with Gasteiger partial charge in [-0.25, -0.2) is 4.98 Å². The van der Waals surface area contributed by atoms with Gasteiger partial charge in [0.05, 0.1) is 23.8 Å². The van der Waals surface area contributed by atoms with Crippen molar-refractivity contribution in [2.75, 3.05) is 31.1 Å². The summed E-state index contributed by atoms with van der Waals surface area (Å²) in [7, 11) is 0. The van der Waals surface area contributed by atoms with Gasteiger partial charge in [0.1, 0.15) is 5.82 Å². The Morgan fingerprint density at radius 2 is 1.81 bits per heavy atom. The first kappa shape index (κ1) is 25.1. The fraction of sp³-hybridized carbons (Fsp3) is 0.269. The molecule has 0 radical (unpaired) electrons. The highest BCUT2D eigenvalue weighted by Crippen LogP contribution is 2.35. The Morgan fingerprint density at radius 3 is 2.50 bits per heavy atom. The molecule has 0 atom stereocenters. The van der Waals surface area contributed by atoms with E-state index in [-0.39, 0.29) is 11.7 Å². The number of hydrogen-bond donors (Lipinski definition) is 0. The molecule has 0 spiro atoms. The average Bonchev–Trinajstić information content (AvgIpc) is 3.47. The standard InChI is InChI=1S/C26H24I2N6O2/c1-17-12-18(13-27)2-3-20(17)24-25(21-4-6-29-15-19(21)14-28)32-23(16-30-24)33-8-10-34(11-9-33)26(35)22-5-7-31-36-22/h2-7,12,15-16H,8-11,13-14H2,1H3. The monoisotopic (exact) mass is 706 g/mol. The molecule has 3 aromatic heterocycles. The molecule has 1 aromatic carbocycles. The molecule has 0 unspecified atom stereocenters. The number of alkyl halides is 2. The Bertz CT molecular complexity index is 1370. The summed E-state index contributed by atoms with van der Waals surface area (Å²) in [5.74, 6) is 0.935. The fourth-order valence-corrected chi connectivity index (χ4v) is 5.46. The summed E-state index contributed by atoms with van der Waals surface area (Å²) in [6, 6.07) is 10.1. The molecule has 8 nitrogen and oxygen atoms in total. The van der Waals surface area contributed by atoms with E-state index in [4.69, 9.17) is 14.5 Å². The molecule has 0 bridgehead atoms. The van der Waals surface area contributed by atoms with Crippen molar-refractivity contribution in [3.8, 4) is 22.5 Å². The lowest BCUT2D eigenvalue weighted by Crippen LogP contribution is -2.49. The van der Waals surface area contributed by atoms with Crippen LogP contribution in [-0.2, 0) is 8.86 Å². The van der Waals surface area contributed by atoms with Crippen molar-refractivity contribution < 1.29 is 9.32 Å². The van der Waals surface area contributed by atoms with E-state index in [2.05, 4.69) is 85.3 Å². The maximum atomic E-state index is 12.6. The highest BCUT2D eigenvalue weighted by Gasteiger charge is 2.26. The number of pyridine rings is 1. The van der Waals surface area contributed by atoms with E-state index in [9.17, 15) is 4.79 Å². The second kappa shape index (κ2) is 11.2. The maximum absolute atomic E-state index is 12.6. The summed E-state index contributed by atoms with van der Waals surface area (Å²) in [6.45, 7) is 4.59. The largest absolute Gasteiger partial charge is 0.352 e. The molecule has 36 heavy (non-hydrogen) atoms. The predicted octanol–water partition coefficient (Wildman–Crippen LogP) is 5.33. The molecule has 1 aliphatic heterocycles. The first-order chi connectivity index (χ1) is 17.6. The number of carbonyl (C=O) groups is 1. The Labute approximate surface area is 236 Å². The van der Waals surface area contributed by atoms with E-state index in [0.29, 0.717) is 26.2 Å². The van der Waals surface area contributed by atoms with E-state index in [1.54, 1.807) is 11.0 Å². The van der Waals surface area contributed by atoms with Gasteiger partial charge in [-0.3, -0.25) is 14.8 Å². The van der Waals surface area contributed by atoms with Crippen LogP contribution in [0, 0.1) is 6.92 Å². The van der Waals surface area contributed by atoms with Gasteiger partial charge in [-0.15, -0.1) is 0 Å². The summed E-state index contributed by atoms with van der Waals surface area (Å²) in [6.07, 6.45) is 7.05. The van der Waals surface area contributed by atoms with Crippen LogP contribution in [0.4, 0.5) is 5.82 Å². The van der Waals surface area contributed by atoms with E-state index >= 15 is 0 Å². The summed E-state index contributed by atoms with van der Waals surface area (Å²) in [5.41, 5.74) is 7.43. The number of amides is 1. The zero-order chi connectivity index (χ0) is 25.1. The molecule has 5 rings (SSSR count). The number of anilines is 1. The lowest BCUT2D eigenvalue weighted by molar-refractivity contribution is 0.0704. The minimum atomic E-state index is -0.136. The summed E-state index contributed by atoms with van der Waals surface area (Å²) >= 11 is 4.75. The van der Waals surface area contributed by atoms with Crippen LogP contribution in [0.5, 0.6) is 0 Å². The number of carbonyl (C=O) groups excluding carboxylic acids is 1. The van der Waals surface area contributed by atoms with Gasteiger partial charge in [-0.2, -0.15) is 0 Å². The smallest absolute Gasteiger partial charge is 0.292 e. The van der Waals surface area contributed by atoms with Crippen LogP contribution in [0.3, 0.4) is 0 Å². The van der Waals surface area contributed by atoms with Gasteiger partial charge in [0.15, 0.2) is 0 Å². The van der Waals surface area contributed by atoms with Crippen LogP contribution >= 0.6 is 45.2 Å². The molecule has 1 fully saturated rings. The number of nitrogens with zero attached hydrogens (tertiary/aromatic N) is 6. The molecular formula is C26H24I2N6O2. The highest BCUT2D eigenvalue weighted by molar-refractivity contribution is 14.1. The fourth-order valence-electron chi connectivity index (χ4n) is 4.38. The summed E-state index contributed by atoms with van der Waals surface area (Å²) < 4.78 is 6.83. The van der Waals surface area contributed by atoms with Crippen molar-refractivity contribution in [3.05, 3.63) is 77.6 Å². The SMILES string of the molecule is Cc1cc(CI)ccc1-c1ncc(N2CCN(C(=O)c3ccno3)CC2)nc1-c1ccncc1CI. The molecule has 1 aliphatic rings. The quantitative estimate of drug-likeness (QED) is 0.198. The summed E-state index contributed by atoms with van der Waals surface area (Å²) in [5, 5.41) is 3.65. The van der Waals surface area contributed by atoms with Crippen molar-refractivity contribution in [3.63, 3.8) is 0 Å². The van der Waals surface area contributed by atoms with Crippen LogP contribution < -0.4 is 4.90 Å². The van der Waals surface area contributed by atoms with Crippen molar-refractivity contribution in [1.29, 1.82) is 0 Å². The third-order valence-corrected chi connectivity index (χ3v) is 8.00. The Kier molecular flexibility index (Phi) is 7.79. The Morgan fingerprint density at radius 1 is 0.972 bits per heavy atom. The Balaban J connectivity index is 1.49. The molecule has 0 aliphatic carbocycles. The van der Waals surface area contributed by atoms with Crippen LogP contribution in [0.15, 0.2) is 59.6 Å². The van der Waals surface area contributed by atoms with Gasteiger partial charge in [-0.05, 0) is 29.7 Å². The maximum Gasteiger partial charge on any atom is 0.292 e. The van der Waals surface area contributed by atoms with Gasteiger partial charge in [0.25, 0.3) is 5.91 Å². The number of aryl methyl sites for hydroxylation is 1. The minimum absolute atomic E-state index is 0.136. The van der Waals surface area contributed by atoms with Crippen LogP contribution in [-0.4, -0.2) is 57.1 Å². The topological polar surface area (TPSA) is 88.3 Å². The average molecular weight is 706 g/mol. The summed E-state index contributed by atoms with van der Waals surface area (Å²) in [4.78, 5) is 31.0. The van der Waals surface area contributed by atoms with Crippen molar-refractivity contribution in [2.45, 2.75) is 15.8 Å². The second-order valence-electron chi connectivity index (χ2n) is 8.53. The van der Waals surface area contributed by atoms with E-state index in [1.165, 1.54) is 17.3 Å². The predicted molar refractivity (Wildman–Crippen MR) is 156 cm³/mol. The second-order valence-corrected chi connectivity index (χ2v) is 10.1. The van der Waals surface area contributed by atoms with Gasteiger partial charge in [0, 0.05) is 64.6 Å². The Hall–Kier alpha value is -2.61. The molecule has 4 aromatic rings. The molecule has 10 heteroatoms. The lowest BCUT2D eigenvalue weighted by Gasteiger charge is -2.35. The van der Waals surface area contributed by atoms with Crippen LogP contribution in [0.1, 0.15) is 27.2 Å². The van der Waals surface area contributed by atoms with E-state index in [0.717, 1.165) is 42.8 Å². The number of halogens is 2. The zero-order valence-electron chi connectivity index (χ0n) is 19.7. The molecule has 1 amide bonds. The normalized spacial score (nSPS) is 13.8. The van der Waals surface area contributed by atoms with Crippen LogP contribution in [0.2, 0.25) is 0 Å².